The molecule has 0 aromatic carbocycles. The Labute approximate surface area is 107 Å². The highest BCUT2D eigenvalue weighted by Crippen LogP contribution is 2.69. The standard InChI is InChI=1S/C15H18O3/c1-14-8-11(16)10-5-3-2-4-9(13(17)18-14)12(14)15(10)6-7-15/h5,9,12H,2-4,6-8H2,1H3/t9-,12-,14+/m0/s1. The molecule has 3 nitrogen and oxygen atoms in total. The smallest absolute Gasteiger partial charge is 0.309 e. The van der Waals surface area contributed by atoms with Gasteiger partial charge in [0.1, 0.15) is 5.60 Å². The van der Waals surface area contributed by atoms with Crippen LogP contribution in [0.1, 0.15) is 45.4 Å². The largest absolute Gasteiger partial charge is 0.458 e. The second-order valence-electron chi connectivity index (χ2n) is 6.62. The molecule has 3 heteroatoms. The molecule has 1 heterocycles. The molecule has 0 aromatic heterocycles. The van der Waals surface area contributed by atoms with Crippen LogP contribution in [0, 0.1) is 17.3 Å². The second-order valence-corrected chi connectivity index (χ2v) is 6.62. The van der Waals surface area contributed by atoms with Gasteiger partial charge in [-0.3, -0.25) is 9.59 Å². The van der Waals surface area contributed by atoms with Gasteiger partial charge in [-0.05, 0) is 44.6 Å². The molecule has 0 unspecified atom stereocenters. The van der Waals surface area contributed by atoms with Crippen molar-refractivity contribution in [3.63, 3.8) is 0 Å². The van der Waals surface area contributed by atoms with E-state index >= 15 is 0 Å². The van der Waals surface area contributed by atoms with Crippen molar-refractivity contribution in [3.8, 4) is 0 Å². The Morgan fingerprint density at radius 2 is 2.11 bits per heavy atom. The zero-order chi connectivity index (χ0) is 12.5. The van der Waals surface area contributed by atoms with Crippen LogP contribution >= 0.6 is 0 Å². The Balaban J connectivity index is 1.92. The van der Waals surface area contributed by atoms with E-state index in [4.69, 9.17) is 4.74 Å². The summed E-state index contributed by atoms with van der Waals surface area (Å²) in [4.78, 5) is 24.5. The van der Waals surface area contributed by atoms with Gasteiger partial charge < -0.3 is 4.74 Å². The summed E-state index contributed by atoms with van der Waals surface area (Å²) in [6.07, 6.45) is 7.56. The number of carbonyl (C=O) groups excluding carboxylic acids is 2. The number of ether oxygens (including phenoxy) is 1. The number of allylic oxidation sites excluding steroid dienone is 2. The lowest BCUT2D eigenvalue weighted by Gasteiger charge is -2.43. The molecule has 4 rings (SSSR count). The molecule has 0 radical (unpaired) electrons. The minimum atomic E-state index is -0.524. The van der Waals surface area contributed by atoms with Crippen LogP contribution in [0.4, 0.5) is 0 Å². The molecule has 1 spiro atoms. The lowest BCUT2D eigenvalue weighted by molar-refractivity contribution is -0.152. The first-order chi connectivity index (χ1) is 8.57. The summed E-state index contributed by atoms with van der Waals surface area (Å²) >= 11 is 0. The third-order valence-electron chi connectivity index (χ3n) is 5.50. The molecule has 0 amide bonds. The first kappa shape index (κ1) is 10.8. The SMILES string of the molecule is C[C@]12CC(=O)C3=CCCC[C@H](C(=O)O1)[C@@H]2C31CC1. The van der Waals surface area contributed by atoms with Gasteiger partial charge in [0.15, 0.2) is 5.78 Å². The van der Waals surface area contributed by atoms with Gasteiger partial charge in [0.2, 0.25) is 0 Å². The Morgan fingerprint density at radius 1 is 1.33 bits per heavy atom. The van der Waals surface area contributed by atoms with Crippen molar-refractivity contribution in [2.24, 2.45) is 17.3 Å². The fourth-order valence-corrected chi connectivity index (χ4v) is 4.81. The van der Waals surface area contributed by atoms with E-state index in [1.807, 2.05) is 6.92 Å². The number of esters is 1. The molecule has 3 fully saturated rings. The predicted octanol–water partition coefficient (Wildman–Crippen LogP) is 2.40. The molecule has 4 aliphatic rings. The molecular formula is C15H18O3. The first-order valence-electron chi connectivity index (χ1n) is 7.04. The highest BCUT2D eigenvalue weighted by molar-refractivity contribution is 6.00. The number of ketones is 1. The number of rotatable bonds is 0. The van der Waals surface area contributed by atoms with E-state index in [0.29, 0.717) is 6.42 Å². The molecule has 18 heavy (non-hydrogen) atoms. The Kier molecular flexibility index (Phi) is 1.83. The third-order valence-corrected chi connectivity index (χ3v) is 5.50. The van der Waals surface area contributed by atoms with Gasteiger partial charge in [-0.2, -0.15) is 0 Å². The molecule has 0 aromatic rings. The topological polar surface area (TPSA) is 43.4 Å². The molecule has 2 bridgehead atoms. The summed E-state index contributed by atoms with van der Waals surface area (Å²) in [5.41, 5.74) is 0.513. The van der Waals surface area contributed by atoms with Crippen molar-refractivity contribution in [2.45, 2.75) is 51.0 Å². The molecule has 96 valence electrons. The normalized spacial score (nSPS) is 44.2. The van der Waals surface area contributed by atoms with Gasteiger partial charge in [0.25, 0.3) is 0 Å². The average Bonchev–Trinajstić information content (AvgIpc) is 2.98. The van der Waals surface area contributed by atoms with E-state index in [-0.39, 0.29) is 29.0 Å². The molecule has 0 N–H and O–H groups in total. The highest BCUT2D eigenvalue weighted by atomic mass is 16.6. The van der Waals surface area contributed by atoms with E-state index in [9.17, 15) is 9.59 Å². The summed E-state index contributed by atoms with van der Waals surface area (Å²) in [6.45, 7) is 1.98. The third kappa shape index (κ3) is 1.11. The van der Waals surface area contributed by atoms with Gasteiger partial charge in [-0.15, -0.1) is 0 Å². The summed E-state index contributed by atoms with van der Waals surface area (Å²) in [7, 11) is 0. The fraction of sp³-hybridized carbons (Fsp3) is 0.733. The van der Waals surface area contributed by atoms with Crippen molar-refractivity contribution in [1.82, 2.24) is 0 Å². The molecule has 2 saturated carbocycles. The minimum Gasteiger partial charge on any atom is -0.458 e. The average molecular weight is 246 g/mol. The van der Waals surface area contributed by atoms with Crippen molar-refractivity contribution < 1.29 is 14.3 Å². The fourth-order valence-electron chi connectivity index (χ4n) is 4.81. The van der Waals surface area contributed by atoms with Gasteiger partial charge in [0.05, 0.1) is 12.3 Å². The van der Waals surface area contributed by atoms with Crippen LogP contribution < -0.4 is 0 Å². The zero-order valence-electron chi connectivity index (χ0n) is 10.7. The van der Waals surface area contributed by atoms with Crippen LogP contribution in [0.25, 0.3) is 0 Å². The van der Waals surface area contributed by atoms with Gasteiger partial charge in [0, 0.05) is 11.3 Å². The van der Waals surface area contributed by atoms with Crippen LogP contribution in [0.2, 0.25) is 0 Å². The maximum absolute atomic E-state index is 12.4. The highest BCUT2D eigenvalue weighted by Gasteiger charge is 2.70. The van der Waals surface area contributed by atoms with Crippen LogP contribution in [0.5, 0.6) is 0 Å². The van der Waals surface area contributed by atoms with Gasteiger partial charge >= 0.3 is 5.97 Å². The lowest BCUT2D eigenvalue weighted by atomic mass is 9.59. The van der Waals surface area contributed by atoms with Crippen molar-refractivity contribution in [1.29, 1.82) is 0 Å². The van der Waals surface area contributed by atoms with Crippen LogP contribution in [0.15, 0.2) is 11.6 Å². The Morgan fingerprint density at radius 3 is 2.83 bits per heavy atom. The molecule has 1 aliphatic heterocycles. The van der Waals surface area contributed by atoms with Crippen molar-refractivity contribution >= 4 is 11.8 Å². The van der Waals surface area contributed by atoms with Crippen molar-refractivity contribution in [2.75, 3.05) is 0 Å². The lowest BCUT2D eigenvalue weighted by Crippen LogP contribution is -2.48. The minimum absolute atomic E-state index is 0.00132. The Hall–Kier alpha value is -1.12. The van der Waals surface area contributed by atoms with E-state index in [1.165, 1.54) is 0 Å². The van der Waals surface area contributed by atoms with E-state index in [2.05, 4.69) is 6.08 Å². The number of Topliss-reactive ketones (excluding diaryl/α,β-unsaturated/α-hetero) is 1. The van der Waals surface area contributed by atoms with Gasteiger partial charge in [-0.25, -0.2) is 0 Å². The molecule has 1 saturated heterocycles. The van der Waals surface area contributed by atoms with Crippen LogP contribution in [0.3, 0.4) is 0 Å². The maximum Gasteiger partial charge on any atom is 0.309 e. The summed E-state index contributed by atoms with van der Waals surface area (Å²) in [5, 5.41) is 0. The van der Waals surface area contributed by atoms with E-state index in [1.54, 1.807) is 0 Å². The number of hydrogen-bond acceptors (Lipinski definition) is 3. The molecule has 3 aliphatic carbocycles. The Bertz CT molecular complexity index is 486. The van der Waals surface area contributed by atoms with Crippen LogP contribution in [-0.2, 0) is 14.3 Å². The monoisotopic (exact) mass is 246 g/mol. The van der Waals surface area contributed by atoms with Crippen molar-refractivity contribution in [3.05, 3.63) is 11.6 Å². The molecule has 3 atom stereocenters. The van der Waals surface area contributed by atoms with Crippen LogP contribution in [-0.4, -0.2) is 17.4 Å². The maximum atomic E-state index is 12.4. The summed E-state index contributed by atoms with van der Waals surface area (Å²) in [5.74, 6) is 0.461. The van der Waals surface area contributed by atoms with E-state index in [0.717, 1.165) is 37.7 Å². The number of hydrogen-bond donors (Lipinski definition) is 0. The predicted molar refractivity (Wildman–Crippen MR) is 64.7 cm³/mol. The quantitative estimate of drug-likeness (QED) is 0.616. The zero-order valence-corrected chi connectivity index (χ0v) is 10.7. The first-order valence-corrected chi connectivity index (χ1v) is 7.04. The second kappa shape index (κ2) is 3.06. The van der Waals surface area contributed by atoms with Gasteiger partial charge in [-0.1, -0.05) is 6.08 Å². The van der Waals surface area contributed by atoms with E-state index < -0.39 is 5.60 Å². The summed E-state index contributed by atoms with van der Waals surface area (Å²) < 4.78 is 5.65. The summed E-state index contributed by atoms with van der Waals surface area (Å²) in [6, 6.07) is 0. The number of carbonyl (C=O) groups is 2. The molecular weight excluding hydrogens is 228 g/mol.